The fraction of sp³-hybridized carbons (Fsp3) is 0.667. The Morgan fingerprint density at radius 1 is 1.24 bits per heavy atom. The number of halogens is 1. The number of benzene rings is 1. The van der Waals surface area contributed by atoms with Crippen molar-refractivity contribution in [3.05, 3.63) is 23.3 Å². The minimum atomic E-state index is 0. The molecule has 0 bridgehead atoms. The molecule has 0 aliphatic carbocycles. The van der Waals surface area contributed by atoms with Crippen LogP contribution in [0, 0.1) is 0 Å². The number of guanidine groups is 1. The largest absolute Gasteiger partial charge is 0.493 e. The van der Waals surface area contributed by atoms with Gasteiger partial charge in [-0.1, -0.05) is 0 Å². The normalized spacial score (nSPS) is 18.8. The summed E-state index contributed by atoms with van der Waals surface area (Å²) >= 11 is 0. The predicted molar refractivity (Wildman–Crippen MR) is 125 cm³/mol. The quantitative estimate of drug-likeness (QED) is 0.247. The maximum Gasteiger partial charge on any atom is 0.193 e. The molecule has 0 saturated carbocycles. The molecule has 1 aromatic rings. The highest BCUT2D eigenvalue weighted by molar-refractivity contribution is 14.0. The highest BCUT2D eigenvalue weighted by Gasteiger charge is 2.21. The maximum atomic E-state index is 5.73. The third kappa shape index (κ3) is 6.62. The number of hydrogen-bond donors (Lipinski definition) is 1. The van der Waals surface area contributed by atoms with E-state index in [1.165, 1.54) is 11.1 Å². The Bertz CT molecular complexity index is 666. The van der Waals surface area contributed by atoms with Crippen LogP contribution < -0.4 is 14.8 Å². The molecule has 2 aliphatic heterocycles. The van der Waals surface area contributed by atoms with E-state index in [1.807, 2.05) is 7.05 Å². The Balaban J connectivity index is 0.00000300. The van der Waals surface area contributed by atoms with Gasteiger partial charge in [-0.25, -0.2) is 0 Å². The third-order valence-electron chi connectivity index (χ3n) is 5.31. The van der Waals surface area contributed by atoms with Gasteiger partial charge in [-0.2, -0.15) is 0 Å². The molecule has 2 heterocycles. The van der Waals surface area contributed by atoms with E-state index in [1.54, 1.807) is 14.2 Å². The van der Waals surface area contributed by atoms with Crippen LogP contribution in [0.5, 0.6) is 11.5 Å². The van der Waals surface area contributed by atoms with Crippen molar-refractivity contribution in [1.82, 2.24) is 10.2 Å². The van der Waals surface area contributed by atoms with E-state index in [4.69, 9.17) is 18.9 Å². The van der Waals surface area contributed by atoms with Gasteiger partial charge in [0.15, 0.2) is 17.5 Å². The molecule has 29 heavy (non-hydrogen) atoms. The SMILES string of the molecule is CN=C(NCCCOCC1CCCO1)N1CCc2cc(OC)c(OC)cc2C1.I. The first-order chi connectivity index (χ1) is 13.7. The first kappa shape index (κ1) is 24.0. The number of ether oxygens (including phenoxy) is 4. The summed E-state index contributed by atoms with van der Waals surface area (Å²) in [5, 5.41) is 3.46. The molecule has 3 rings (SSSR count). The average molecular weight is 519 g/mol. The van der Waals surface area contributed by atoms with Crippen molar-refractivity contribution in [2.24, 2.45) is 4.99 Å². The van der Waals surface area contributed by atoms with Gasteiger partial charge >= 0.3 is 0 Å². The zero-order chi connectivity index (χ0) is 19.8. The molecule has 1 fully saturated rings. The van der Waals surface area contributed by atoms with Crippen LogP contribution in [0.3, 0.4) is 0 Å². The van der Waals surface area contributed by atoms with E-state index in [0.29, 0.717) is 12.7 Å². The van der Waals surface area contributed by atoms with Gasteiger partial charge in [0.05, 0.1) is 26.9 Å². The van der Waals surface area contributed by atoms with Crippen molar-refractivity contribution in [2.45, 2.75) is 38.3 Å². The smallest absolute Gasteiger partial charge is 0.193 e. The molecule has 7 nitrogen and oxygen atoms in total. The molecule has 1 atom stereocenters. The third-order valence-corrected chi connectivity index (χ3v) is 5.31. The highest BCUT2D eigenvalue weighted by Crippen LogP contribution is 2.33. The summed E-state index contributed by atoms with van der Waals surface area (Å²) in [6.07, 6.45) is 4.48. The fourth-order valence-corrected chi connectivity index (χ4v) is 3.76. The molecule has 0 radical (unpaired) electrons. The summed E-state index contributed by atoms with van der Waals surface area (Å²) in [5.74, 6) is 2.49. The summed E-state index contributed by atoms with van der Waals surface area (Å²) in [7, 11) is 5.18. The molecular weight excluding hydrogens is 485 g/mol. The van der Waals surface area contributed by atoms with Gasteiger partial charge in [-0.15, -0.1) is 24.0 Å². The van der Waals surface area contributed by atoms with Crippen LogP contribution in [0.1, 0.15) is 30.4 Å². The van der Waals surface area contributed by atoms with Crippen molar-refractivity contribution in [2.75, 3.05) is 54.2 Å². The molecule has 0 amide bonds. The Morgan fingerprint density at radius 3 is 2.66 bits per heavy atom. The number of aliphatic imine (C=N–C) groups is 1. The number of fused-ring (bicyclic) bond motifs is 1. The van der Waals surface area contributed by atoms with E-state index < -0.39 is 0 Å². The van der Waals surface area contributed by atoms with Crippen LogP contribution >= 0.6 is 24.0 Å². The van der Waals surface area contributed by atoms with E-state index in [9.17, 15) is 0 Å². The van der Waals surface area contributed by atoms with Crippen molar-refractivity contribution < 1.29 is 18.9 Å². The van der Waals surface area contributed by atoms with Crippen molar-refractivity contribution in [3.8, 4) is 11.5 Å². The van der Waals surface area contributed by atoms with Gasteiger partial charge in [0, 0.05) is 39.9 Å². The summed E-state index contributed by atoms with van der Waals surface area (Å²) < 4.78 is 22.2. The Morgan fingerprint density at radius 2 is 2.00 bits per heavy atom. The summed E-state index contributed by atoms with van der Waals surface area (Å²) in [4.78, 5) is 6.74. The number of nitrogens with one attached hydrogen (secondary N) is 1. The van der Waals surface area contributed by atoms with E-state index in [2.05, 4.69) is 27.3 Å². The molecule has 1 saturated heterocycles. The molecular formula is C21H34IN3O4. The van der Waals surface area contributed by atoms with Gasteiger partial charge in [0.25, 0.3) is 0 Å². The van der Waals surface area contributed by atoms with Gasteiger partial charge in [0.2, 0.25) is 0 Å². The lowest BCUT2D eigenvalue weighted by Crippen LogP contribution is -2.44. The van der Waals surface area contributed by atoms with Crippen molar-refractivity contribution >= 4 is 29.9 Å². The lowest BCUT2D eigenvalue weighted by Gasteiger charge is -2.32. The molecule has 164 valence electrons. The Hall–Kier alpha value is -1.26. The molecule has 0 aromatic heterocycles. The lowest BCUT2D eigenvalue weighted by molar-refractivity contribution is 0.0168. The molecule has 1 aromatic carbocycles. The van der Waals surface area contributed by atoms with Crippen LogP contribution in [-0.4, -0.2) is 71.1 Å². The average Bonchev–Trinajstić information content (AvgIpc) is 3.25. The Kier molecular flexibility index (Phi) is 10.3. The second-order valence-corrected chi connectivity index (χ2v) is 7.18. The maximum absolute atomic E-state index is 5.73. The summed E-state index contributed by atoms with van der Waals surface area (Å²) in [5.41, 5.74) is 2.57. The van der Waals surface area contributed by atoms with Gasteiger partial charge < -0.3 is 29.2 Å². The van der Waals surface area contributed by atoms with Crippen LogP contribution in [0.4, 0.5) is 0 Å². The molecule has 2 aliphatic rings. The van der Waals surface area contributed by atoms with Gasteiger partial charge in [-0.05, 0) is 48.9 Å². The van der Waals surface area contributed by atoms with Crippen LogP contribution in [-0.2, 0) is 22.4 Å². The predicted octanol–water partition coefficient (Wildman–Crippen LogP) is 2.84. The topological polar surface area (TPSA) is 64.6 Å². The van der Waals surface area contributed by atoms with E-state index >= 15 is 0 Å². The summed E-state index contributed by atoms with van der Waals surface area (Å²) in [6.45, 7) is 4.91. The second kappa shape index (κ2) is 12.4. The molecule has 1 N–H and O–H groups in total. The van der Waals surface area contributed by atoms with Crippen LogP contribution in [0.25, 0.3) is 0 Å². The van der Waals surface area contributed by atoms with Gasteiger partial charge in [0.1, 0.15) is 0 Å². The zero-order valence-corrected chi connectivity index (χ0v) is 20.1. The number of hydrogen-bond acceptors (Lipinski definition) is 5. The number of methoxy groups -OCH3 is 2. The number of nitrogens with zero attached hydrogens (tertiary/aromatic N) is 2. The Labute approximate surface area is 191 Å². The van der Waals surface area contributed by atoms with Gasteiger partial charge in [-0.3, -0.25) is 4.99 Å². The number of rotatable bonds is 8. The van der Waals surface area contributed by atoms with Crippen molar-refractivity contribution in [1.29, 1.82) is 0 Å². The molecule has 1 unspecified atom stereocenters. The lowest BCUT2D eigenvalue weighted by atomic mass is 9.99. The van der Waals surface area contributed by atoms with E-state index in [-0.39, 0.29) is 24.0 Å². The standard InChI is InChI=1S/C21H33N3O4.HI/c1-22-21(23-8-5-10-27-15-18-6-4-11-28-18)24-9-7-16-12-19(25-2)20(26-3)13-17(16)14-24;/h12-13,18H,4-11,14-15H2,1-3H3,(H,22,23);1H. The fourth-order valence-electron chi connectivity index (χ4n) is 3.76. The minimum Gasteiger partial charge on any atom is -0.493 e. The summed E-state index contributed by atoms with van der Waals surface area (Å²) in [6, 6.07) is 4.17. The minimum absolute atomic E-state index is 0. The second-order valence-electron chi connectivity index (χ2n) is 7.18. The van der Waals surface area contributed by atoms with E-state index in [0.717, 1.165) is 76.0 Å². The van der Waals surface area contributed by atoms with Crippen molar-refractivity contribution in [3.63, 3.8) is 0 Å². The first-order valence-electron chi connectivity index (χ1n) is 10.1. The molecule has 8 heteroatoms. The highest BCUT2D eigenvalue weighted by atomic mass is 127. The van der Waals surface area contributed by atoms with Crippen LogP contribution in [0.15, 0.2) is 17.1 Å². The monoisotopic (exact) mass is 519 g/mol. The zero-order valence-electron chi connectivity index (χ0n) is 17.7. The van der Waals surface area contributed by atoms with Crippen LogP contribution in [0.2, 0.25) is 0 Å². The molecule has 0 spiro atoms. The first-order valence-corrected chi connectivity index (χ1v) is 10.1.